The highest BCUT2D eigenvalue weighted by molar-refractivity contribution is 7.18. The Hall–Kier alpha value is -2.40. The first kappa shape index (κ1) is 18.9. The van der Waals surface area contributed by atoms with Gasteiger partial charge >= 0.3 is 12.1 Å². The lowest BCUT2D eigenvalue weighted by Gasteiger charge is -2.15. The number of rotatable bonds is 2. The van der Waals surface area contributed by atoms with Crippen molar-refractivity contribution in [1.82, 2.24) is 9.88 Å². The van der Waals surface area contributed by atoms with E-state index < -0.39 is 12.1 Å². The quantitative estimate of drug-likeness (QED) is 0.731. The summed E-state index contributed by atoms with van der Waals surface area (Å²) in [7, 11) is 0. The van der Waals surface area contributed by atoms with E-state index in [4.69, 9.17) is 21.4 Å². The molecule has 1 fully saturated rings. The Labute approximate surface area is 144 Å². The minimum Gasteiger partial charge on any atom is -0.475 e. The van der Waals surface area contributed by atoms with Gasteiger partial charge in [-0.05, 0) is 23.4 Å². The topological polar surface area (TPSA) is 123 Å². The molecular weight excluding hydrogens is 361 g/mol. The van der Waals surface area contributed by atoms with Gasteiger partial charge in [-0.15, -0.1) is 11.3 Å². The number of hydrogen-bond donors (Lipinski definition) is 3. The Kier molecular flexibility index (Phi) is 5.48. The average Bonchev–Trinajstić information content (AvgIpc) is 3.07. The average molecular weight is 376 g/mol. The molecular formula is C14H15F3N4O3S. The summed E-state index contributed by atoms with van der Waals surface area (Å²) in [4.78, 5) is 26.6. The molecule has 0 bridgehead atoms. The van der Waals surface area contributed by atoms with Crippen molar-refractivity contribution in [3.63, 3.8) is 0 Å². The summed E-state index contributed by atoms with van der Waals surface area (Å²) in [6.45, 7) is 1.34. The van der Waals surface area contributed by atoms with E-state index in [0.29, 0.717) is 12.4 Å². The van der Waals surface area contributed by atoms with E-state index in [9.17, 15) is 18.0 Å². The monoisotopic (exact) mass is 376 g/mol. The molecule has 1 unspecified atom stereocenters. The summed E-state index contributed by atoms with van der Waals surface area (Å²) >= 11 is 1.57. The van der Waals surface area contributed by atoms with Crippen LogP contribution < -0.4 is 11.5 Å². The number of halogens is 3. The SMILES string of the molecule is Nc1nccc2c(CN3CCC(N)C3=O)csc12.O=C(O)C(F)(F)F. The molecule has 0 spiro atoms. The van der Waals surface area contributed by atoms with Crippen molar-refractivity contribution in [1.29, 1.82) is 0 Å². The summed E-state index contributed by atoms with van der Waals surface area (Å²) in [5.74, 6) is -2.17. The van der Waals surface area contributed by atoms with Crippen molar-refractivity contribution < 1.29 is 27.9 Å². The molecule has 0 radical (unpaired) electrons. The zero-order valence-electron chi connectivity index (χ0n) is 12.8. The van der Waals surface area contributed by atoms with Crippen LogP contribution in [0.5, 0.6) is 0 Å². The molecule has 1 atom stereocenters. The van der Waals surface area contributed by atoms with Crippen molar-refractivity contribution in [3.05, 3.63) is 23.2 Å². The molecule has 1 saturated heterocycles. The molecule has 2 aromatic heterocycles. The first-order valence-corrected chi connectivity index (χ1v) is 7.94. The van der Waals surface area contributed by atoms with E-state index in [1.807, 2.05) is 16.3 Å². The van der Waals surface area contributed by atoms with E-state index in [-0.39, 0.29) is 11.9 Å². The molecule has 0 aromatic carbocycles. The fourth-order valence-electron chi connectivity index (χ4n) is 2.28. The summed E-state index contributed by atoms with van der Waals surface area (Å²) in [5, 5.41) is 10.3. The lowest BCUT2D eigenvalue weighted by Crippen LogP contribution is -2.33. The molecule has 3 heterocycles. The van der Waals surface area contributed by atoms with Crippen LogP contribution in [-0.2, 0) is 16.1 Å². The Morgan fingerprint density at radius 2 is 2.12 bits per heavy atom. The highest BCUT2D eigenvalue weighted by atomic mass is 32.1. The molecule has 1 aliphatic heterocycles. The van der Waals surface area contributed by atoms with E-state index in [2.05, 4.69) is 4.98 Å². The van der Waals surface area contributed by atoms with Crippen molar-refractivity contribution in [2.45, 2.75) is 25.2 Å². The smallest absolute Gasteiger partial charge is 0.475 e. The van der Waals surface area contributed by atoms with Gasteiger partial charge in [0.15, 0.2) is 0 Å². The molecule has 25 heavy (non-hydrogen) atoms. The third kappa shape index (κ3) is 4.37. The number of carboxylic acids is 1. The summed E-state index contributed by atoms with van der Waals surface area (Å²) in [6, 6.07) is 1.61. The normalized spacial score (nSPS) is 17.5. The van der Waals surface area contributed by atoms with E-state index in [0.717, 1.165) is 28.6 Å². The number of alkyl halides is 3. The van der Waals surface area contributed by atoms with Crippen LogP contribution in [-0.4, -0.2) is 45.6 Å². The second kappa shape index (κ2) is 7.23. The molecule has 1 aliphatic rings. The minimum atomic E-state index is -5.08. The minimum absolute atomic E-state index is 0.0383. The number of thiophene rings is 1. The maximum Gasteiger partial charge on any atom is 0.490 e. The number of nitrogens with two attached hydrogens (primary N) is 2. The zero-order chi connectivity index (χ0) is 18.8. The number of amides is 1. The molecule has 7 nitrogen and oxygen atoms in total. The highest BCUT2D eigenvalue weighted by Crippen LogP contribution is 2.30. The molecule has 0 aliphatic carbocycles. The highest BCUT2D eigenvalue weighted by Gasteiger charge is 2.38. The molecule has 5 N–H and O–H groups in total. The summed E-state index contributed by atoms with van der Waals surface area (Å²) in [5.41, 5.74) is 12.7. The zero-order valence-corrected chi connectivity index (χ0v) is 13.6. The number of fused-ring (bicyclic) bond motifs is 1. The number of carbonyl (C=O) groups excluding carboxylic acids is 1. The fraction of sp³-hybridized carbons (Fsp3) is 0.357. The predicted octanol–water partition coefficient (Wildman–Crippen LogP) is 1.57. The van der Waals surface area contributed by atoms with Crippen LogP contribution in [0.3, 0.4) is 0 Å². The Morgan fingerprint density at radius 3 is 2.64 bits per heavy atom. The number of nitrogen functional groups attached to an aromatic ring is 1. The van der Waals surface area contributed by atoms with Gasteiger partial charge in [0.1, 0.15) is 5.82 Å². The number of pyridine rings is 1. The molecule has 0 saturated carbocycles. The van der Waals surface area contributed by atoms with Crippen LogP contribution >= 0.6 is 11.3 Å². The van der Waals surface area contributed by atoms with Crippen LogP contribution in [0.15, 0.2) is 17.6 Å². The number of anilines is 1. The lowest BCUT2D eigenvalue weighted by molar-refractivity contribution is -0.192. The number of aliphatic carboxylic acids is 1. The Bertz CT molecular complexity index is 793. The number of hydrogen-bond acceptors (Lipinski definition) is 6. The van der Waals surface area contributed by atoms with E-state index in [1.54, 1.807) is 17.5 Å². The van der Waals surface area contributed by atoms with E-state index >= 15 is 0 Å². The van der Waals surface area contributed by atoms with Gasteiger partial charge in [0, 0.05) is 24.7 Å². The van der Waals surface area contributed by atoms with Gasteiger partial charge in [0.25, 0.3) is 0 Å². The summed E-state index contributed by atoms with van der Waals surface area (Å²) in [6.07, 6.45) is -2.64. The third-order valence-corrected chi connectivity index (χ3v) is 4.61. The van der Waals surface area contributed by atoms with Gasteiger partial charge in [0.2, 0.25) is 5.91 Å². The molecule has 2 aromatic rings. The largest absolute Gasteiger partial charge is 0.490 e. The number of likely N-dealkylation sites (tertiary alicyclic amines) is 1. The molecule has 1 amide bonds. The van der Waals surface area contributed by atoms with Crippen molar-refractivity contribution >= 4 is 39.1 Å². The van der Waals surface area contributed by atoms with E-state index in [1.165, 1.54) is 0 Å². The Balaban J connectivity index is 0.000000277. The standard InChI is InChI=1S/C12H14N4OS.C2HF3O2/c13-9-2-4-16(12(9)17)5-7-6-18-10-8(7)1-3-15-11(10)14;3-2(4,5)1(6)7/h1,3,6,9H,2,4-5,13H2,(H2,14,15);(H,6,7). The first-order chi connectivity index (χ1) is 11.6. The van der Waals surface area contributed by atoms with Crippen LogP contribution in [0.2, 0.25) is 0 Å². The number of carboxylic acid groups (broad SMARTS) is 1. The van der Waals surface area contributed by atoms with Crippen LogP contribution in [0.1, 0.15) is 12.0 Å². The molecule has 11 heteroatoms. The van der Waals surface area contributed by atoms with Crippen LogP contribution in [0.4, 0.5) is 19.0 Å². The van der Waals surface area contributed by atoms with Crippen molar-refractivity contribution in [2.75, 3.05) is 12.3 Å². The van der Waals surface area contributed by atoms with Crippen molar-refractivity contribution in [3.8, 4) is 0 Å². The second-order valence-electron chi connectivity index (χ2n) is 5.29. The first-order valence-electron chi connectivity index (χ1n) is 7.06. The Morgan fingerprint density at radius 1 is 1.48 bits per heavy atom. The predicted molar refractivity (Wildman–Crippen MR) is 85.7 cm³/mol. The number of aromatic nitrogens is 1. The molecule has 3 rings (SSSR count). The van der Waals surface area contributed by atoms with Crippen LogP contribution in [0.25, 0.3) is 10.1 Å². The summed E-state index contributed by atoms with van der Waals surface area (Å²) < 4.78 is 32.7. The van der Waals surface area contributed by atoms with Gasteiger partial charge < -0.3 is 21.5 Å². The number of nitrogens with zero attached hydrogens (tertiary/aromatic N) is 2. The van der Waals surface area contributed by atoms with Gasteiger partial charge in [-0.3, -0.25) is 4.79 Å². The maximum atomic E-state index is 11.8. The van der Waals surface area contributed by atoms with Gasteiger partial charge in [-0.1, -0.05) is 0 Å². The van der Waals surface area contributed by atoms with Gasteiger partial charge in [0.05, 0.1) is 10.7 Å². The number of carbonyl (C=O) groups is 2. The van der Waals surface area contributed by atoms with Crippen molar-refractivity contribution in [2.24, 2.45) is 5.73 Å². The second-order valence-corrected chi connectivity index (χ2v) is 6.17. The van der Waals surface area contributed by atoms with Gasteiger partial charge in [-0.2, -0.15) is 13.2 Å². The van der Waals surface area contributed by atoms with Gasteiger partial charge in [-0.25, -0.2) is 9.78 Å². The third-order valence-electron chi connectivity index (χ3n) is 3.54. The lowest BCUT2D eigenvalue weighted by atomic mass is 10.2. The fourth-order valence-corrected chi connectivity index (χ4v) is 3.24. The molecule has 136 valence electrons. The van der Waals surface area contributed by atoms with Crippen LogP contribution in [0, 0.1) is 0 Å². The maximum absolute atomic E-state index is 11.8.